The van der Waals surface area contributed by atoms with Crippen LogP contribution in [0, 0.1) is 0 Å². The van der Waals surface area contributed by atoms with E-state index in [1.165, 1.54) is 0 Å². The van der Waals surface area contributed by atoms with Crippen LogP contribution in [0.2, 0.25) is 0 Å². The van der Waals surface area contributed by atoms with Crippen molar-refractivity contribution < 1.29 is 4.74 Å². The normalized spacial score (nSPS) is 10.1. The van der Waals surface area contributed by atoms with Crippen molar-refractivity contribution in [3.05, 3.63) is 35.8 Å². The van der Waals surface area contributed by atoms with Crippen LogP contribution in [0.1, 0.15) is 0 Å². The van der Waals surface area contributed by atoms with Gasteiger partial charge in [-0.05, 0) is 12.1 Å². The Labute approximate surface area is 98.1 Å². The first-order valence-electron chi connectivity index (χ1n) is 4.98. The van der Waals surface area contributed by atoms with E-state index in [0.29, 0.717) is 13.2 Å². The van der Waals surface area contributed by atoms with Gasteiger partial charge in [-0.3, -0.25) is 0 Å². The summed E-state index contributed by atoms with van der Waals surface area (Å²) in [5.74, 6) is 0.812. The molecule has 0 aliphatic heterocycles. The lowest BCUT2D eigenvalue weighted by molar-refractivity contribution is 0.328. The van der Waals surface area contributed by atoms with Crippen LogP contribution in [0.3, 0.4) is 0 Å². The maximum absolute atomic E-state index is 5.43. The van der Waals surface area contributed by atoms with Crippen molar-refractivity contribution in [2.75, 3.05) is 18.5 Å². The number of ether oxygens (including phenoxy) is 1. The summed E-state index contributed by atoms with van der Waals surface area (Å²) in [5.41, 5.74) is 6.34. The van der Waals surface area contributed by atoms with E-state index >= 15 is 0 Å². The third-order valence-corrected chi connectivity index (χ3v) is 2.59. The summed E-state index contributed by atoms with van der Waals surface area (Å²) in [6, 6.07) is 7.73. The molecule has 0 amide bonds. The second-order valence-corrected chi connectivity index (χ2v) is 4.02. The van der Waals surface area contributed by atoms with Crippen LogP contribution < -0.4 is 15.8 Å². The molecule has 0 bridgehead atoms. The number of hydrogen-bond donors (Lipinski definition) is 2. The summed E-state index contributed by atoms with van der Waals surface area (Å²) in [7, 11) is 0. The van der Waals surface area contributed by atoms with Crippen molar-refractivity contribution in [1.82, 2.24) is 4.98 Å². The molecule has 1 aromatic carbocycles. The third-order valence-electron chi connectivity index (χ3n) is 1.90. The van der Waals surface area contributed by atoms with Crippen LogP contribution in [0.4, 0.5) is 10.8 Å². The number of anilines is 2. The summed E-state index contributed by atoms with van der Waals surface area (Å²) < 4.78 is 5.43. The summed E-state index contributed by atoms with van der Waals surface area (Å²) >= 11 is 1.56. The molecule has 0 atom stereocenters. The predicted molar refractivity (Wildman–Crippen MR) is 66.4 cm³/mol. The SMILES string of the molecule is NCCOc1cccc(Nc2nccs2)c1. The number of nitrogens with one attached hydrogen (secondary N) is 1. The van der Waals surface area contributed by atoms with E-state index in [4.69, 9.17) is 10.5 Å². The lowest BCUT2D eigenvalue weighted by Gasteiger charge is -2.07. The summed E-state index contributed by atoms with van der Waals surface area (Å²) in [4.78, 5) is 4.15. The first-order chi connectivity index (χ1) is 7.88. The molecule has 1 heterocycles. The molecule has 5 heteroatoms. The highest BCUT2D eigenvalue weighted by molar-refractivity contribution is 7.13. The van der Waals surface area contributed by atoms with Crippen molar-refractivity contribution in [3.8, 4) is 5.75 Å². The van der Waals surface area contributed by atoms with E-state index in [1.54, 1.807) is 17.5 Å². The van der Waals surface area contributed by atoms with Crippen molar-refractivity contribution in [2.45, 2.75) is 0 Å². The van der Waals surface area contributed by atoms with E-state index in [-0.39, 0.29) is 0 Å². The molecule has 0 fully saturated rings. The second-order valence-electron chi connectivity index (χ2n) is 3.13. The first-order valence-corrected chi connectivity index (χ1v) is 5.86. The van der Waals surface area contributed by atoms with Crippen LogP contribution in [0.25, 0.3) is 0 Å². The predicted octanol–water partition coefficient (Wildman–Crippen LogP) is 2.22. The van der Waals surface area contributed by atoms with Crippen LogP contribution in [0.15, 0.2) is 35.8 Å². The Hall–Kier alpha value is -1.59. The molecular formula is C11H13N3OS. The smallest absolute Gasteiger partial charge is 0.187 e. The Morgan fingerprint density at radius 3 is 3.12 bits per heavy atom. The standard InChI is InChI=1S/C11H13N3OS/c12-4-6-15-10-3-1-2-9(8-10)14-11-13-5-7-16-11/h1-3,5,7-8H,4,6,12H2,(H,13,14). The highest BCUT2D eigenvalue weighted by atomic mass is 32.1. The highest BCUT2D eigenvalue weighted by Gasteiger charge is 1.98. The third kappa shape index (κ3) is 2.95. The minimum Gasteiger partial charge on any atom is -0.492 e. The fourth-order valence-corrected chi connectivity index (χ4v) is 1.80. The topological polar surface area (TPSA) is 60.2 Å². The van der Waals surface area contributed by atoms with E-state index in [9.17, 15) is 0 Å². The average Bonchev–Trinajstić information content (AvgIpc) is 2.80. The van der Waals surface area contributed by atoms with Crippen molar-refractivity contribution in [1.29, 1.82) is 0 Å². The first kappa shape index (κ1) is 10.9. The van der Waals surface area contributed by atoms with E-state index in [2.05, 4.69) is 10.3 Å². The Bertz CT molecular complexity index is 431. The molecule has 0 aliphatic carbocycles. The van der Waals surface area contributed by atoms with Gasteiger partial charge < -0.3 is 15.8 Å². The summed E-state index contributed by atoms with van der Waals surface area (Å²) in [6.45, 7) is 1.05. The number of nitrogens with zero attached hydrogens (tertiary/aromatic N) is 1. The van der Waals surface area contributed by atoms with Crippen LogP contribution in [0.5, 0.6) is 5.75 Å². The number of hydrogen-bond acceptors (Lipinski definition) is 5. The lowest BCUT2D eigenvalue weighted by Crippen LogP contribution is -2.10. The molecule has 0 spiro atoms. The molecular weight excluding hydrogens is 222 g/mol. The molecule has 0 unspecified atom stereocenters. The van der Waals surface area contributed by atoms with Gasteiger partial charge in [-0.1, -0.05) is 6.07 Å². The van der Waals surface area contributed by atoms with Gasteiger partial charge in [0.1, 0.15) is 12.4 Å². The van der Waals surface area contributed by atoms with Gasteiger partial charge in [0.2, 0.25) is 0 Å². The number of nitrogens with two attached hydrogens (primary N) is 1. The van der Waals surface area contributed by atoms with Gasteiger partial charge in [-0.25, -0.2) is 4.98 Å². The number of aromatic nitrogens is 1. The van der Waals surface area contributed by atoms with Gasteiger partial charge in [0.15, 0.2) is 5.13 Å². The number of thiazole rings is 1. The molecule has 3 N–H and O–H groups in total. The molecule has 0 aliphatic rings. The number of benzene rings is 1. The summed E-state index contributed by atoms with van der Waals surface area (Å²) in [5, 5.41) is 6.00. The van der Waals surface area contributed by atoms with E-state index in [0.717, 1.165) is 16.6 Å². The Balaban J connectivity index is 2.04. The summed E-state index contributed by atoms with van der Waals surface area (Å²) in [6.07, 6.45) is 1.77. The average molecular weight is 235 g/mol. The lowest BCUT2D eigenvalue weighted by atomic mass is 10.3. The molecule has 0 saturated carbocycles. The Morgan fingerprint density at radius 1 is 1.44 bits per heavy atom. The quantitative estimate of drug-likeness (QED) is 0.834. The minimum absolute atomic E-state index is 0.518. The largest absolute Gasteiger partial charge is 0.492 e. The van der Waals surface area contributed by atoms with Gasteiger partial charge in [0, 0.05) is 29.9 Å². The molecule has 2 rings (SSSR count). The molecule has 16 heavy (non-hydrogen) atoms. The fraction of sp³-hybridized carbons (Fsp3) is 0.182. The van der Waals surface area contributed by atoms with Crippen LogP contribution in [-0.2, 0) is 0 Å². The van der Waals surface area contributed by atoms with Crippen molar-refractivity contribution in [2.24, 2.45) is 5.73 Å². The Kier molecular flexibility index (Phi) is 3.74. The van der Waals surface area contributed by atoms with Crippen LogP contribution in [-0.4, -0.2) is 18.1 Å². The van der Waals surface area contributed by atoms with Gasteiger partial charge >= 0.3 is 0 Å². The van der Waals surface area contributed by atoms with Gasteiger partial charge in [-0.2, -0.15) is 0 Å². The zero-order valence-electron chi connectivity index (χ0n) is 8.72. The van der Waals surface area contributed by atoms with Gasteiger partial charge in [0.25, 0.3) is 0 Å². The van der Waals surface area contributed by atoms with Crippen LogP contribution >= 0.6 is 11.3 Å². The molecule has 84 valence electrons. The van der Waals surface area contributed by atoms with Gasteiger partial charge in [0.05, 0.1) is 0 Å². The number of rotatable bonds is 5. The van der Waals surface area contributed by atoms with Crippen molar-refractivity contribution in [3.63, 3.8) is 0 Å². The zero-order chi connectivity index (χ0) is 11.2. The highest BCUT2D eigenvalue weighted by Crippen LogP contribution is 2.22. The minimum atomic E-state index is 0.518. The second kappa shape index (κ2) is 5.48. The molecule has 0 radical (unpaired) electrons. The van der Waals surface area contributed by atoms with Crippen molar-refractivity contribution >= 4 is 22.2 Å². The molecule has 4 nitrogen and oxygen atoms in total. The molecule has 0 saturated heterocycles. The Morgan fingerprint density at radius 2 is 2.38 bits per heavy atom. The van der Waals surface area contributed by atoms with E-state index in [1.807, 2.05) is 29.6 Å². The van der Waals surface area contributed by atoms with E-state index < -0.39 is 0 Å². The molecule has 2 aromatic rings. The maximum Gasteiger partial charge on any atom is 0.187 e. The maximum atomic E-state index is 5.43. The fourth-order valence-electron chi connectivity index (χ4n) is 1.25. The monoisotopic (exact) mass is 235 g/mol. The molecule has 1 aromatic heterocycles. The van der Waals surface area contributed by atoms with Gasteiger partial charge in [-0.15, -0.1) is 11.3 Å². The zero-order valence-corrected chi connectivity index (χ0v) is 9.54.